The van der Waals surface area contributed by atoms with E-state index in [2.05, 4.69) is 584 Å². The van der Waals surface area contributed by atoms with E-state index in [1.807, 2.05) is 0 Å². The molecule has 0 saturated heterocycles. The van der Waals surface area contributed by atoms with Gasteiger partial charge in [0.05, 0.1) is 0 Å². The van der Waals surface area contributed by atoms with E-state index in [9.17, 15) is 0 Å². The van der Waals surface area contributed by atoms with Crippen molar-refractivity contribution >= 4 is 172 Å². The van der Waals surface area contributed by atoms with Gasteiger partial charge in [-0.1, -0.05) is 404 Å². The zero-order valence-corrected chi connectivity index (χ0v) is 85.3. The molecule has 6 heterocycles. The maximum absolute atomic E-state index is 2.51. The molecule has 9 heteroatoms. The molecule has 0 aliphatic carbocycles. The summed E-state index contributed by atoms with van der Waals surface area (Å²) in [5.41, 5.74) is 57.6. The van der Waals surface area contributed by atoms with Gasteiger partial charge >= 0.3 is 0 Å². The fourth-order valence-corrected chi connectivity index (χ4v) is 23.6. The third-order valence-electron chi connectivity index (χ3n) is 31.2. The van der Waals surface area contributed by atoms with Crippen LogP contribution in [0.2, 0.25) is 0 Å². The van der Waals surface area contributed by atoms with Crippen LogP contribution in [0.1, 0.15) is 98.2 Å². The molecule has 0 saturated carbocycles. The Morgan fingerprint density at radius 3 is 0.628 bits per heavy atom. The first-order chi connectivity index (χ1) is 72.5. The maximum Gasteiger partial charge on any atom is 0.252 e. The van der Waals surface area contributed by atoms with Gasteiger partial charge in [-0.25, -0.2) is 0 Å². The van der Waals surface area contributed by atoms with Gasteiger partial charge in [-0.2, -0.15) is 0 Å². The fourth-order valence-electron chi connectivity index (χ4n) is 23.6. The third kappa shape index (κ3) is 16.5. The van der Waals surface area contributed by atoms with Crippen molar-refractivity contribution < 1.29 is 0 Å². The normalized spacial score (nSPS) is 12.9. The number of fused-ring (bicyclic) bond motifs is 12. The minimum Gasteiger partial charge on any atom is -0.311 e. The lowest BCUT2D eigenvalue weighted by molar-refractivity contribution is 0.866. The SMILES string of the molecule is CC(C)c1ccc(-c2cccc(N3c4ccc(-c5ccc(C(C)C)cc5)cc4B4c5ccccc5N(c5ccc(C(C)C)cc5)c5cccc3c54)c2)cc1.Cc1ccc(-c2ccc3c(c2)B2c4ccccc4N(c4ccccc4)c4cccc(c42)N3c2cccc(-c3ccccc3)c2)cc1.Cc1ccc(-c2cccc(N3c4ccc(-c5ccc(C)cc5)cc4B4c5ccccc5N(c5ccc(C)cc5)c5cccc3c54)c2)cc1. The van der Waals surface area contributed by atoms with E-state index in [-0.39, 0.29) is 20.1 Å². The monoisotopic (exact) mass is 1900 g/mol. The minimum absolute atomic E-state index is 0.0754. The summed E-state index contributed by atoms with van der Waals surface area (Å²) < 4.78 is 0. The number of hydrogen-bond acceptors (Lipinski definition) is 6. The van der Waals surface area contributed by atoms with Crippen LogP contribution in [0.3, 0.4) is 0 Å². The van der Waals surface area contributed by atoms with Crippen LogP contribution in [0.5, 0.6) is 0 Å². The Hall–Kier alpha value is -17.4. The summed E-state index contributed by atoms with van der Waals surface area (Å²) in [5, 5.41) is 0. The molecule has 0 atom stereocenters. The standard InChI is InChI=1S/C51H47BN2.C45H35BN2.C43H31BN2/c1-33(2)36-17-21-39(22-18-36)41-11-9-12-44(31-41)54-48-30-27-42(40-23-19-37(20-24-40)34(3)4)32-46(48)52-45-13-7-8-14-47(45)53(49-15-10-16-50(54)51(49)52)43-28-25-38(26-29-43)35(5)6;1-30-14-20-33(21-15-30)35-8-6-9-38(28-35)48-42-27-24-36(34-22-16-31(2)17-23-34)29-40(42)46-39-10-4-5-11-41(39)47(37-25-18-32(3)19-26-37)43-12-7-13-44(48)45(43)46;1-30-22-24-32(25-23-30)34-26-27-40-38(29-34)44-37-18-8-9-19-39(37)45(35-15-6-3-7-16-35)41-20-11-21-42(43(41)44)46(40)36-17-10-14-33(28-36)31-12-4-2-5-13-31/h7-35H,1-6H3;4-29H,1-3H3;2-29H,1H3. The van der Waals surface area contributed by atoms with E-state index in [0.717, 1.165) is 17.1 Å². The second-order valence-electron chi connectivity index (χ2n) is 41.5. The molecule has 6 nitrogen and oxygen atoms in total. The second-order valence-corrected chi connectivity index (χ2v) is 41.5. The molecule has 0 radical (unpaired) electrons. The summed E-state index contributed by atoms with van der Waals surface area (Å²) in [5.74, 6) is 1.48. The predicted octanol–water partition coefficient (Wildman–Crippen LogP) is 31.9. The summed E-state index contributed by atoms with van der Waals surface area (Å²) in [6.07, 6.45) is 0. The lowest BCUT2D eigenvalue weighted by Crippen LogP contribution is -2.61. The van der Waals surface area contributed by atoms with Crippen molar-refractivity contribution in [2.24, 2.45) is 0 Å². The molecule has 0 amide bonds. The first-order valence-corrected chi connectivity index (χ1v) is 52.4. The van der Waals surface area contributed by atoms with Crippen LogP contribution >= 0.6 is 0 Å². The second kappa shape index (κ2) is 38.3. The average Bonchev–Trinajstić information content (AvgIpc) is 0.706. The Kier molecular flexibility index (Phi) is 23.8. The Labute approximate surface area is 872 Å². The lowest BCUT2D eigenvalue weighted by atomic mass is 9.33. The number of benzene rings is 21. The highest BCUT2D eigenvalue weighted by atomic mass is 15.2. The first-order valence-electron chi connectivity index (χ1n) is 52.4. The molecule has 0 aromatic heterocycles. The van der Waals surface area contributed by atoms with Gasteiger partial charge in [0.25, 0.3) is 20.1 Å². The van der Waals surface area contributed by atoms with Crippen LogP contribution in [0, 0.1) is 27.7 Å². The van der Waals surface area contributed by atoms with Crippen molar-refractivity contribution in [3.05, 3.63) is 524 Å². The summed E-state index contributed by atoms with van der Waals surface area (Å²) in [6, 6.07) is 180. The predicted molar refractivity (Wildman–Crippen MR) is 635 cm³/mol. The van der Waals surface area contributed by atoms with Gasteiger partial charge in [-0.05, 0) is 324 Å². The van der Waals surface area contributed by atoms with Crippen molar-refractivity contribution in [3.63, 3.8) is 0 Å². The summed E-state index contributed by atoms with van der Waals surface area (Å²) in [4.78, 5) is 14.9. The molecule has 0 unspecified atom stereocenters. The zero-order chi connectivity index (χ0) is 100. The molecular formula is C139H113B3N6. The van der Waals surface area contributed by atoms with Crippen molar-refractivity contribution in [1.29, 1.82) is 0 Å². The highest BCUT2D eigenvalue weighted by Crippen LogP contribution is 2.51. The van der Waals surface area contributed by atoms with E-state index in [4.69, 9.17) is 0 Å². The summed E-state index contributed by atoms with van der Waals surface area (Å²) >= 11 is 0. The van der Waals surface area contributed by atoms with Gasteiger partial charge in [0.2, 0.25) is 0 Å². The molecule has 148 heavy (non-hydrogen) atoms. The fraction of sp³-hybridized carbons (Fsp3) is 0.0935. The van der Waals surface area contributed by atoms with Crippen molar-refractivity contribution in [1.82, 2.24) is 0 Å². The van der Waals surface area contributed by atoms with E-state index in [1.165, 1.54) is 240 Å². The molecule has 6 aliphatic heterocycles. The smallest absolute Gasteiger partial charge is 0.252 e. The Morgan fingerprint density at radius 2 is 0.331 bits per heavy atom. The van der Waals surface area contributed by atoms with E-state index >= 15 is 0 Å². The van der Waals surface area contributed by atoms with Crippen molar-refractivity contribution in [2.45, 2.75) is 87.0 Å². The average molecular weight is 1900 g/mol. The largest absolute Gasteiger partial charge is 0.311 e. The molecule has 0 bridgehead atoms. The van der Waals surface area contributed by atoms with Gasteiger partial charge in [-0.15, -0.1) is 0 Å². The topological polar surface area (TPSA) is 19.4 Å². The Balaban J connectivity index is 0.000000116. The molecule has 21 aromatic carbocycles. The Morgan fingerprint density at radius 1 is 0.142 bits per heavy atom. The van der Waals surface area contributed by atoms with Crippen LogP contribution in [0.25, 0.3) is 66.8 Å². The highest BCUT2D eigenvalue weighted by Gasteiger charge is 2.48. The van der Waals surface area contributed by atoms with Gasteiger partial charge in [-0.3, -0.25) is 0 Å². The number of anilines is 18. The zero-order valence-electron chi connectivity index (χ0n) is 85.3. The van der Waals surface area contributed by atoms with E-state index < -0.39 is 0 Å². The number of aryl methyl sites for hydroxylation is 4. The molecule has 0 fully saturated rings. The number of hydrogen-bond donors (Lipinski definition) is 0. The van der Waals surface area contributed by atoms with Gasteiger partial charge in [0.15, 0.2) is 0 Å². The minimum atomic E-state index is 0.0754. The maximum atomic E-state index is 2.51. The highest BCUT2D eigenvalue weighted by molar-refractivity contribution is 7.02. The Bertz CT molecular complexity index is 8620. The van der Waals surface area contributed by atoms with Gasteiger partial charge in [0, 0.05) is 102 Å². The van der Waals surface area contributed by atoms with E-state index in [1.54, 1.807) is 0 Å². The molecule has 21 aromatic rings. The lowest BCUT2D eigenvalue weighted by Gasteiger charge is -2.44. The van der Waals surface area contributed by atoms with Crippen LogP contribution < -0.4 is 78.6 Å². The van der Waals surface area contributed by atoms with Crippen LogP contribution in [-0.2, 0) is 0 Å². The molecule has 6 aliphatic rings. The molecular weight excluding hydrogens is 1790 g/mol. The molecule has 708 valence electrons. The van der Waals surface area contributed by atoms with Crippen molar-refractivity contribution in [2.75, 3.05) is 29.4 Å². The molecule has 0 spiro atoms. The number of nitrogens with zero attached hydrogens (tertiary/aromatic N) is 6. The number of rotatable bonds is 15. The van der Waals surface area contributed by atoms with Crippen LogP contribution in [0.15, 0.2) is 485 Å². The third-order valence-corrected chi connectivity index (χ3v) is 31.2. The number of para-hydroxylation sites is 4. The molecule has 27 rings (SSSR count). The summed E-state index contributed by atoms with van der Waals surface area (Å²) in [6.45, 7) is 22.4. The molecule has 0 N–H and O–H groups in total. The van der Waals surface area contributed by atoms with Crippen LogP contribution in [0.4, 0.5) is 102 Å². The van der Waals surface area contributed by atoms with Gasteiger partial charge < -0.3 is 29.4 Å². The van der Waals surface area contributed by atoms with Gasteiger partial charge in [0.1, 0.15) is 0 Å². The summed E-state index contributed by atoms with van der Waals surface area (Å²) in [7, 11) is 0. The quantitative estimate of drug-likeness (QED) is 0.0946. The first kappa shape index (κ1) is 91.8. The van der Waals surface area contributed by atoms with Crippen LogP contribution in [-0.4, -0.2) is 20.1 Å². The van der Waals surface area contributed by atoms with Crippen molar-refractivity contribution in [3.8, 4) is 66.8 Å². The van der Waals surface area contributed by atoms with E-state index in [0.29, 0.717) is 17.8 Å².